The Morgan fingerprint density at radius 1 is 1.39 bits per heavy atom. The van der Waals surface area contributed by atoms with Crippen molar-refractivity contribution in [3.8, 4) is 5.75 Å². The highest BCUT2D eigenvalue weighted by atomic mass is 16.5. The van der Waals surface area contributed by atoms with Gasteiger partial charge in [0.25, 0.3) is 0 Å². The largest absolute Gasteiger partial charge is 0.496 e. The molecule has 0 aromatic heterocycles. The van der Waals surface area contributed by atoms with E-state index in [1.165, 1.54) is 0 Å². The van der Waals surface area contributed by atoms with Crippen LogP contribution < -0.4 is 15.8 Å². The van der Waals surface area contributed by atoms with Crippen LogP contribution in [0.25, 0.3) is 6.08 Å². The minimum Gasteiger partial charge on any atom is -0.496 e. The van der Waals surface area contributed by atoms with Crippen LogP contribution >= 0.6 is 0 Å². The molecule has 6 nitrogen and oxygen atoms in total. The summed E-state index contributed by atoms with van der Waals surface area (Å²) in [6, 6.07) is 5.43. The molecule has 1 aromatic carbocycles. The van der Waals surface area contributed by atoms with Crippen LogP contribution in [0, 0.1) is 10.8 Å². The van der Waals surface area contributed by atoms with Gasteiger partial charge >= 0.3 is 0 Å². The SMILES string of the molecule is CNC(CCC/C=C/c1cc(C(=N)N)ccc1OC)OC(C)=N. The molecule has 1 unspecified atom stereocenters. The normalized spacial score (nSPS) is 12.1. The van der Waals surface area contributed by atoms with Gasteiger partial charge in [-0.2, -0.15) is 0 Å². The molecule has 0 aliphatic carbocycles. The molecule has 1 rings (SSSR count). The van der Waals surface area contributed by atoms with Gasteiger partial charge < -0.3 is 15.2 Å². The highest BCUT2D eigenvalue weighted by molar-refractivity contribution is 5.95. The molecule has 0 aliphatic heterocycles. The molecule has 0 amide bonds. The van der Waals surface area contributed by atoms with Crippen molar-refractivity contribution in [3.63, 3.8) is 0 Å². The molecule has 0 fully saturated rings. The van der Waals surface area contributed by atoms with Crippen molar-refractivity contribution >= 4 is 17.8 Å². The molecule has 0 heterocycles. The highest BCUT2D eigenvalue weighted by Gasteiger charge is 2.06. The molecule has 0 radical (unpaired) electrons. The first kappa shape index (κ1) is 18.7. The molecule has 1 aromatic rings. The van der Waals surface area contributed by atoms with E-state index in [1.54, 1.807) is 20.1 Å². The zero-order chi connectivity index (χ0) is 17.2. The van der Waals surface area contributed by atoms with E-state index in [0.29, 0.717) is 5.56 Å². The monoisotopic (exact) mass is 318 g/mol. The molecule has 23 heavy (non-hydrogen) atoms. The number of methoxy groups -OCH3 is 1. The first-order chi connectivity index (χ1) is 11.0. The summed E-state index contributed by atoms with van der Waals surface area (Å²) < 4.78 is 10.7. The number of nitrogen functional groups attached to an aromatic ring is 1. The van der Waals surface area contributed by atoms with Crippen molar-refractivity contribution in [3.05, 3.63) is 35.4 Å². The van der Waals surface area contributed by atoms with Crippen LogP contribution in [-0.2, 0) is 4.74 Å². The third-order valence-corrected chi connectivity index (χ3v) is 3.32. The summed E-state index contributed by atoms with van der Waals surface area (Å²) in [6.07, 6.45) is 6.54. The summed E-state index contributed by atoms with van der Waals surface area (Å²) in [5.74, 6) is 1.01. The molecule has 0 saturated heterocycles. The summed E-state index contributed by atoms with van der Waals surface area (Å²) in [7, 11) is 3.44. The lowest BCUT2D eigenvalue weighted by atomic mass is 10.1. The maximum atomic E-state index is 7.50. The molecule has 6 heteroatoms. The van der Waals surface area contributed by atoms with Crippen molar-refractivity contribution in [1.29, 1.82) is 10.8 Å². The summed E-state index contributed by atoms with van der Waals surface area (Å²) in [5, 5.41) is 17.9. The summed E-state index contributed by atoms with van der Waals surface area (Å²) >= 11 is 0. The number of allylic oxidation sites excluding steroid dienone is 1. The van der Waals surface area contributed by atoms with Gasteiger partial charge in [0.15, 0.2) is 12.1 Å². The molecule has 0 aliphatic rings. The second kappa shape index (κ2) is 9.63. The van der Waals surface area contributed by atoms with Crippen molar-refractivity contribution in [2.75, 3.05) is 14.2 Å². The minimum atomic E-state index is -0.128. The topological polar surface area (TPSA) is 104 Å². The summed E-state index contributed by atoms with van der Waals surface area (Å²) in [4.78, 5) is 0. The van der Waals surface area contributed by atoms with Crippen LogP contribution in [-0.4, -0.2) is 32.1 Å². The Morgan fingerprint density at radius 3 is 2.70 bits per heavy atom. The van der Waals surface area contributed by atoms with Crippen molar-refractivity contribution in [1.82, 2.24) is 5.32 Å². The van der Waals surface area contributed by atoms with Crippen LogP contribution in [0.2, 0.25) is 0 Å². The average Bonchev–Trinajstić information content (AvgIpc) is 2.52. The Bertz CT molecular complexity index is 570. The van der Waals surface area contributed by atoms with E-state index in [4.69, 9.17) is 26.0 Å². The zero-order valence-corrected chi connectivity index (χ0v) is 14.0. The third-order valence-electron chi connectivity index (χ3n) is 3.32. The number of hydrogen-bond acceptors (Lipinski definition) is 5. The van der Waals surface area contributed by atoms with Gasteiger partial charge in [-0.3, -0.25) is 16.1 Å². The molecule has 0 bridgehead atoms. The van der Waals surface area contributed by atoms with Crippen molar-refractivity contribution in [2.45, 2.75) is 32.4 Å². The lowest BCUT2D eigenvalue weighted by Crippen LogP contribution is -2.29. The highest BCUT2D eigenvalue weighted by Crippen LogP contribution is 2.21. The minimum absolute atomic E-state index is 0.0401. The summed E-state index contributed by atoms with van der Waals surface area (Å²) in [5.41, 5.74) is 7.10. The Labute approximate surface area is 137 Å². The van der Waals surface area contributed by atoms with Crippen LogP contribution in [0.1, 0.15) is 37.3 Å². The number of benzene rings is 1. The predicted molar refractivity (Wildman–Crippen MR) is 94.2 cm³/mol. The third kappa shape index (κ3) is 6.52. The molecular formula is C17H26N4O2. The predicted octanol–water partition coefficient (Wildman–Crippen LogP) is 2.72. The van der Waals surface area contributed by atoms with E-state index in [9.17, 15) is 0 Å². The van der Waals surface area contributed by atoms with E-state index in [0.717, 1.165) is 30.6 Å². The molecule has 5 N–H and O–H groups in total. The maximum Gasteiger partial charge on any atom is 0.179 e. The van der Waals surface area contributed by atoms with E-state index in [2.05, 4.69) is 11.4 Å². The summed E-state index contributed by atoms with van der Waals surface area (Å²) in [6.45, 7) is 1.62. The van der Waals surface area contributed by atoms with Crippen LogP contribution in [0.4, 0.5) is 0 Å². The van der Waals surface area contributed by atoms with Crippen LogP contribution in [0.3, 0.4) is 0 Å². The number of hydrogen-bond donors (Lipinski definition) is 4. The Balaban J connectivity index is 2.58. The van der Waals surface area contributed by atoms with E-state index < -0.39 is 0 Å². The van der Waals surface area contributed by atoms with Gasteiger partial charge in [0.2, 0.25) is 0 Å². The fraction of sp³-hybridized carbons (Fsp3) is 0.412. The molecule has 0 saturated carbocycles. The van der Waals surface area contributed by atoms with Crippen molar-refractivity contribution < 1.29 is 9.47 Å². The Hall–Kier alpha value is -2.34. The number of amidine groups is 1. The first-order valence-corrected chi connectivity index (χ1v) is 7.56. The standard InChI is InChI=1S/C17H26N4O2/c1-12(18)23-16(21-2)8-6-4-5-7-13-11-14(17(19)20)9-10-15(13)22-3/h5,7,9-11,16,18,21H,4,6,8H2,1-3H3,(H3,19,20)/b7-5+,18-12?. The van der Waals surface area contributed by atoms with E-state index in [-0.39, 0.29) is 18.0 Å². The molecule has 126 valence electrons. The quantitative estimate of drug-likeness (QED) is 0.243. The number of ether oxygens (including phenoxy) is 2. The van der Waals surface area contributed by atoms with Crippen LogP contribution in [0.5, 0.6) is 5.75 Å². The number of nitrogens with two attached hydrogens (primary N) is 1. The molecule has 0 spiro atoms. The second-order valence-electron chi connectivity index (χ2n) is 5.16. The number of unbranched alkanes of at least 4 members (excludes halogenated alkanes) is 1. The van der Waals surface area contributed by atoms with E-state index >= 15 is 0 Å². The van der Waals surface area contributed by atoms with Crippen LogP contribution in [0.15, 0.2) is 24.3 Å². The van der Waals surface area contributed by atoms with Gasteiger partial charge in [-0.15, -0.1) is 0 Å². The smallest absolute Gasteiger partial charge is 0.179 e. The Morgan fingerprint density at radius 2 is 2.13 bits per heavy atom. The molecule has 1 atom stereocenters. The lowest BCUT2D eigenvalue weighted by molar-refractivity contribution is 0.145. The number of rotatable bonds is 9. The lowest BCUT2D eigenvalue weighted by Gasteiger charge is -2.16. The maximum absolute atomic E-state index is 7.50. The van der Waals surface area contributed by atoms with E-state index in [1.807, 2.05) is 25.3 Å². The first-order valence-electron chi connectivity index (χ1n) is 7.56. The molecular weight excluding hydrogens is 292 g/mol. The Kier molecular flexibility index (Phi) is 7.83. The fourth-order valence-electron chi connectivity index (χ4n) is 2.14. The number of nitrogens with one attached hydrogen (secondary N) is 3. The zero-order valence-electron chi connectivity index (χ0n) is 14.0. The van der Waals surface area contributed by atoms with Gasteiger partial charge in [-0.05, 0) is 44.5 Å². The van der Waals surface area contributed by atoms with Gasteiger partial charge in [-0.1, -0.05) is 12.2 Å². The van der Waals surface area contributed by atoms with Gasteiger partial charge in [0, 0.05) is 18.1 Å². The fourth-order valence-corrected chi connectivity index (χ4v) is 2.14. The van der Waals surface area contributed by atoms with Crippen molar-refractivity contribution in [2.24, 2.45) is 5.73 Å². The van der Waals surface area contributed by atoms with Gasteiger partial charge in [0.05, 0.1) is 7.11 Å². The average molecular weight is 318 g/mol. The second-order valence-corrected chi connectivity index (χ2v) is 5.16. The van der Waals surface area contributed by atoms with Gasteiger partial charge in [0.1, 0.15) is 11.6 Å². The van der Waals surface area contributed by atoms with Gasteiger partial charge in [-0.25, -0.2) is 0 Å².